The van der Waals surface area contributed by atoms with Crippen molar-refractivity contribution in [2.75, 3.05) is 7.11 Å². The van der Waals surface area contributed by atoms with Crippen molar-refractivity contribution in [2.45, 2.75) is 26.2 Å². The number of hydrogen-bond donors (Lipinski definition) is 1. The van der Waals surface area contributed by atoms with E-state index in [1.165, 1.54) is 5.56 Å². The number of nitrogens with one attached hydrogen (secondary N) is 1. The SMILES string of the molecule is CC.COc1cccc(CNC(P)c2cccnc2)c1. The summed E-state index contributed by atoms with van der Waals surface area (Å²) in [6.07, 6.45) is 3.65. The molecule has 0 saturated carbocycles. The molecule has 20 heavy (non-hydrogen) atoms. The quantitative estimate of drug-likeness (QED) is 0.851. The molecule has 3 nitrogen and oxygen atoms in total. The summed E-state index contributed by atoms with van der Waals surface area (Å²) in [6.45, 7) is 4.79. The van der Waals surface area contributed by atoms with Crippen LogP contribution in [0.25, 0.3) is 0 Å². The van der Waals surface area contributed by atoms with Crippen LogP contribution in [0.2, 0.25) is 0 Å². The molecule has 1 aromatic carbocycles. The Bertz CT molecular complexity index is 491. The van der Waals surface area contributed by atoms with Gasteiger partial charge in [-0.2, -0.15) is 0 Å². The van der Waals surface area contributed by atoms with Crippen LogP contribution in [0.4, 0.5) is 0 Å². The standard InChI is InChI=1S/C14H17N2OP.C2H6/c1-17-13-6-2-4-11(8-13)9-16-14(18)12-5-3-7-15-10-12;1-2/h2-8,10,14,16H,9,18H2,1H3;1-2H3. The van der Waals surface area contributed by atoms with Crippen LogP contribution in [0.1, 0.15) is 30.8 Å². The van der Waals surface area contributed by atoms with Crippen molar-refractivity contribution in [3.8, 4) is 5.75 Å². The van der Waals surface area contributed by atoms with Crippen molar-refractivity contribution in [2.24, 2.45) is 0 Å². The molecule has 2 atom stereocenters. The van der Waals surface area contributed by atoms with E-state index in [2.05, 4.69) is 31.7 Å². The molecule has 0 saturated heterocycles. The molecule has 0 bridgehead atoms. The van der Waals surface area contributed by atoms with Gasteiger partial charge in [-0.05, 0) is 29.3 Å². The van der Waals surface area contributed by atoms with E-state index >= 15 is 0 Å². The molecule has 0 aliphatic rings. The van der Waals surface area contributed by atoms with E-state index in [9.17, 15) is 0 Å². The van der Waals surface area contributed by atoms with Crippen molar-refractivity contribution in [3.05, 3.63) is 59.9 Å². The third kappa shape index (κ3) is 5.28. The van der Waals surface area contributed by atoms with Crippen molar-refractivity contribution < 1.29 is 4.74 Å². The molecule has 2 aromatic rings. The molecular weight excluding hydrogens is 267 g/mol. The molecule has 2 unspecified atom stereocenters. The summed E-state index contributed by atoms with van der Waals surface area (Å²) in [4.78, 5) is 4.11. The fourth-order valence-electron chi connectivity index (χ4n) is 1.69. The molecule has 1 heterocycles. The van der Waals surface area contributed by atoms with Gasteiger partial charge in [0.1, 0.15) is 5.75 Å². The molecule has 2 rings (SSSR count). The summed E-state index contributed by atoms with van der Waals surface area (Å²) in [5.41, 5.74) is 2.36. The summed E-state index contributed by atoms with van der Waals surface area (Å²) < 4.78 is 5.20. The molecule has 0 aliphatic heterocycles. The fourth-order valence-corrected chi connectivity index (χ4v) is 2.00. The molecule has 0 spiro atoms. The van der Waals surface area contributed by atoms with Gasteiger partial charge in [-0.1, -0.05) is 32.0 Å². The molecular formula is C16H23N2OP. The number of methoxy groups -OCH3 is 1. The minimum absolute atomic E-state index is 0.199. The second-order valence-electron chi connectivity index (χ2n) is 4.00. The second-order valence-corrected chi connectivity index (χ2v) is 4.66. The van der Waals surface area contributed by atoms with Crippen LogP contribution in [0.15, 0.2) is 48.8 Å². The molecule has 108 valence electrons. The zero-order valence-electron chi connectivity index (χ0n) is 12.3. The second kappa shape index (κ2) is 9.46. The first-order valence-corrected chi connectivity index (χ1v) is 7.48. The predicted octanol–water partition coefficient (Wildman–Crippen LogP) is 3.78. The van der Waals surface area contributed by atoms with E-state index in [-0.39, 0.29) is 5.78 Å². The topological polar surface area (TPSA) is 34.1 Å². The van der Waals surface area contributed by atoms with Gasteiger partial charge in [-0.3, -0.25) is 4.98 Å². The summed E-state index contributed by atoms with van der Waals surface area (Å²) in [5.74, 6) is 1.08. The van der Waals surface area contributed by atoms with Gasteiger partial charge in [0.2, 0.25) is 0 Å². The number of benzene rings is 1. The average Bonchev–Trinajstić information content (AvgIpc) is 2.55. The molecule has 0 aliphatic carbocycles. The van der Waals surface area contributed by atoms with Crippen LogP contribution in [0.5, 0.6) is 5.75 Å². The van der Waals surface area contributed by atoms with Gasteiger partial charge in [-0.25, -0.2) is 0 Å². The highest BCUT2D eigenvalue weighted by molar-refractivity contribution is 7.17. The number of rotatable bonds is 5. The summed E-state index contributed by atoms with van der Waals surface area (Å²) in [5, 5.41) is 3.43. The van der Waals surface area contributed by atoms with Crippen LogP contribution in [0.3, 0.4) is 0 Å². The minimum Gasteiger partial charge on any atom is -0.497 e. The van der Waals surface area contributed by atoms with Crippen molar-refractivity contribution in [1.29, 1.82) is 0 Å². The Morgan fingerprint density at radius 1 is 1.25 bits per heavy atom. The highest BCUT2D eigenvalue weighted by Gasteiger charge is 2.04. The zero-order chi connectivity index (χ0) is 14.8. The largest absolute Gasteiger partial charge is 0.497 e. The van der Waals surface area contributed by atoms with Gasteiger partial charge in [0, 0.05) is 24.7 Å². The summed E-state index contributed by atoms with van der Waals surface area (Å²) >= 11 is 0. The lowest BCUT2D eigenvalue weighted by molar-refractivity contribution is 0.414. The molecule has 0 radical (unpaired) electrons. The Morgan fingerprint density at radius 3 is 2.70 bits per heavy atom. The maximum atomic E-state index is 5.20. The van der Waals surface area contributed by atoms with Crippen LogP contribution < -0.4 is 10.1 Å². The maximum absolute atomic E-state index is 5.20. The number of ether oxygens (including phenoxy) is 1. The molecule has 4 heteroatoms. The Balaban J connectivity index is 0.000000956. The molecule has 0 fully saturated rings. The first-order valence-electron chi connectivity index (χ1n) is 6.81. The normalized spacial score (nSPS) is 11.2. The van der Waals surface area contributed by atoms with E-state index in [1.807, 2.05) is 44.3 Å². The number of hydrogen-bond acceptors (Lipinski definition) is 3. The van der Waals surface area contributed by atoms with Gasteiger partial charge in [0.15, 0.2) is 0 Å². The van der Waals surface area contributed by atoms with Crippen LogP contribution in [-0.4, -0.2) is 12.1 Å². The van der Waals surface area contributed by atoms with Gasteiger partial charge in [-0.15, -0.1) is 9.24 Å². The van der Waals surface area contributed by atoms with Crippen molar-refractivity contribution >= 4 is 9.24 Å². The summed E-state index contributed by atoms with van der Waals surface area (Å²) in [7, 11) is 4.47. The first-order chi connectivity index (χ1) is 9.79. The van der Waals surface area contributed by atoms with Crippen LogP contribution >= 0.6 is 9.24 Å². The lowest BCUT2D eigenvalue weighted by atomic mass is 10.2. The number of aromatic nitrogens is 1. The fraction of sp³-hybridized carbons (Fsp3) is 0.312. The molecule has 0 amide bonds. The lowest BCUT2D eigenvalue weighted by Crippen LogP contribution is -2.15. The molecule has 1 aromatic heterocycles. The highest BCUT2D eigenvalue weighted by Crippen LogP contribution is 2.20. The lowest BCUT2D eigenvalue weighted by Gasteiger charge is -2.14. The Labute approximate surface area is 124 Å². The molecule has 1 N–H and O–H groups in total. The monoisotopic (exact) mass is 290 g/mol. The Hall–Kier alpha value is -1.44. The van der Waals surface area contributed by atoms with E-state index in [0.717, 1.165) is 17.9 Å². The van der Waals surface area contributed by atoms with E-state index < -0.39 is 0 Å². The minimum atomic E-state index is 0.199. The van der Waals surface area contributed by atoms with E-state index in [1.54, 1.807) is 13.3 Å². The number of nitrogens with zero attached hydrogens (tertiary/aromatic N) is 1. The highest BCUT2D eigenvalue weighted by atomic mass is 31.0. The Morgan fingerprint density at radius 2 is 2.05 bits per heavy atom. The number of pyridine rings is 1. The van der Waals surface area contributed by atoms with E-state index in [4.69, 9.17) is 4.74 Å². The third-order valence-corrected chi connectivity index (χ3v) is 3.32. The first kappa shape index (κ1) is 16.6. The third-order valence-electron chi connectivity index (χ3n) is 2.70. The predicted molar refractivity (Wildman–Crippen MR) is 87.9 cm³/mol. The van der Waals surface area contributed by atoms with Crippen LogP contribution in [0, 0.1) is 0 Å². The summed E-state index contributed by atoms with van der Waals surface area (Å²) in [6, 6.07) is 12.1. The maximum Gasteiger partial charge on any atom is 0.119 e. The van der Waals surface area contributed by atoms with E-state index in [0.29, 0.717) is 0 Å². The average molecular weight is 290 g/mol. The smallest absolute Gasteiger partial charge is 0.119 e. The van der Waals surface area contributed by atoms with Crippen molar-refractivity contribution in [1.82, 2.24) is 10.3 Å². The van der Waals surface area contributed by atoms with Gasteiger partial charge in [0.05, 0.1) is 7.11 Å². The van der Waals surface area contributed by atoms with Crippen LogP contribution in [-0.2, 0) is 6.54 Å². The Kier molecular flexibility index (Phi) is 7.86. The van der Waals surface area contributed by atoms with Gasteiger partial charge >= 0.3 is 0 Å². The zero-order valence-corrected chi connectivity index (χ0v) is 13.5. The van der Waals surface area contributed by atoms with Gasteiger partial charge in [0.25, 0.3) is 0 Å². The van der Waals surface area contributed by atoms with Crippen molar-refractivity contribution in [3.63, 3.8) is 0 Å². The van der Waals surface area contributed by atoms with Gasteiger partial charge < -0.3 is 10.1 Å².